The molecule has 0 aromatic rings. The summed E-state index contributed by atoms with van der Waals surface area (Å²) in [7, 11) is -4.67. The van der Waals surface area contributed by atoms with E-state index in [0.717, 1.165) is 6.54 Å². The molecule has 1 aliphatic heterocycles. The van der Waals surface area contributed by atoms with Crippen LogP contribution in [-0.4, -0.2) is 54.2 Å². The lowest BCUT2D eigenvalue weighted by molar-refractivity contribution is 0.0323. The molecule has 0 radical (unpaired) electrons. The van der Waals surface area contributed by atoms with Crippen LogP contribution in [-0.2, 0) is 15.1 Å². The number of nitrogens with one attached hydrogen (secondary N) is 1. The maximum absolute atomic E-state index is 8.74. The van der Waals surface area contributed by atoms with Crippen LogP contribution in [0, 0.1) is 5.41 Å². The van der Waals surface area contributed by atoms with Gasteiger partial charge in [0.05, 0.1) is 19.3 Å². The molecular weight excluding hydrogens is 226 g/mol. The Kier molecular flexibility index (Phi) is 5.50. The Balaban J connectivity index is 0.000000336. The van der Waals surface area contributed by atoms with Crippen molar-refractivity contribution in [2.45, 2.75) is 13.0 Å². The van der Waals surface area contributed by atoms with Gasteiger partial charge in [0.2, 0.25) is 0 Å². The van der Waals surface area contributed by atoms with Crippen molar-refractivity contribution < 1.29 is 22.3 Å². The van der Waals surface area contributed by atoms with Gasteiger partial charge in [0, 0.05) is 6.54 Å². The molecule has 1 unspecified atom stereocenters. The van der Waals surface area contributed by atoms with E-state index in [1.165, 1.54) is 0 Å². The number of morpholine rings is 1. The second-order valence-electron chi connectivity index (χ2n) is 2.95. The van der Waals surface area contributed by atoms with Gasteiger partial charge in [-0.1, -0.05) is 0 Å². The van der Waals surface area contributed by atoms with Gasteiger partial charge in [-0.05, 0) is 6.92 Å². The van der Waals surface area contributed by atoms with Gasteiger partial charge in [0.25, 0.3) is 0 Å². The van der Waals surface area contributed by atoms with Crippen molar-refractivity contribution >= 4 is 16.4 Å². The number of guanidine groups is 1. The third kappa shape index (κ3) is 8.12. The van der Waals surface area contributed by atoms with E-state index in [4.69, 9.17) is 33.4 Å². The number of rotatable bonds is 0. The quantitative estimate of drug-likeness (QED) is 0.241. The second kappa shape index (κ2) is 5.85. The maximum atomic E-state index is 8.74. The second-order valence-corrected chi connectivity index (χ2v) is 3.85. The van der Waals surface area contributed by atoms with Crippen LogP contribution in [0.3, 0.4) is 0 Å². The van der Waals surface area contributed by atoms with E-state index in [1.807, 2.05) is 11.8 Å². The van der Waals surface area contributed by atoms with Gasteiger partial charge >= 0.3 is 10.4 Å². The minimum Gasteiger partial charge on any atom is -0.377 e. The smallest absolute Gasteiger partial charge is 0.377 e. The summed E-state index contributed by atoms with van der Waals surface area (Å²) in [4.78, 5) is 1.84. The Morgan fingerprint density at radius 2 is 2.07 bits per heavy atom. The lowest BCUT2D eigenvalue weighted by Gasteiger charge is -2.33. The van der Waals surface area contributed by atoms with Gasteiger partial charge in [-0.15, -0.1) is 0 Å². The van der Waals surface area contributed by atoms with Crippen LogP contribution in [0.4, 0.5) is 0 Å². The summed E-state index contributed by atoms with van der Waals surface area (Å²) in [6, 6.07) is 0.256. The number of ether oxygens (including phenoxy) is 1. The summed E-state index contributed by atoms with van der Waals surface area (Å²) in [5, 5.41) is 7.17. The van der Waals surface area contributed by atoms with Crippen LogP contribution in [0.15, 0.2) is 0 Å². The van der Waals surface area contributed by atoms with Gasteiger partial charge in [0.15, 0.2) is 5.96 Å². The molecule has 0 saturated carbocycles. The Bertz CT molecular complexity index is 296. The van der Waals surface area contributed by atoms with Crippen LogP contribution >= 0.6 is 0 Å². The lowest BCUT2D eigenvalue weighted by Crippen LogP contribution is -2.49. The number of hydrogen-bond acceptors (Lipinski definition) is 4. The molecule has 1 aliphatic rings. The average Bonchev–Trinajstić information content (AvgIpc) is 2.01. The van der Waals surface area contributed by atoms with Gasteiger partial charge in [0.1, 0.15) is 0 Å². The van der Waals surface area contributed by atoms with Gasteiger partial charge in [-0.2, -0.15) is 8.42 Å². The third-order valence-electron chi connectivity index (χ3n) is 1.68. The van der Waals surface area contributed by atoms with Crippen LogP contribution in [0.2, 0.25) is 0 Å². The van der Waals surface area contributed by atoms with E-state index in [-0.39, 0.29) is 12.0 Å². The predicted molar refractivity (Wildman–Crippen MR) is 53.1 cm³/mol. The highest BCUT2D eigenvalue weighted by atomic mass is 32.3. The Morgan fingerprint density at radius 1 is 1.60 bits per heavy atom. The summed E-state index contributed by atoms with van der Waals surface area (Å²) >= 11 is 0. The summed E-state index contributed by atoms with van der Waals surface area (Å²) < 4.78 is 36.8. The molecular formula is C6H15N3O5S. The zero-order valence-electron chi connectivity index (χ0n) is 8.25. The first kappa shape index (κ1) is 14.1. The first-order chi connectivity index (χ1) is 6.72. The molecule has 1 rings (SSSR count). The first-order valence-corrected chi connectivity index (χ1v) is 5.50. The molecule has 1 fully saturated rings. The van der Waals surface area contributed by atoms with Gasteiger partial charge in [-0.3, -0.25) is 14.5 Å². The zero-order chi connectivity index (χ0) is 12.1. The highest BCUT2D eigenvalue weighted by Crippen LogP contribution is 2.03. The van der Waals surface area contributed by atoms with E-state index in [9.17, 15) is 0 Å². The van der Waals surface area contributed by atoms with Crippen molar-refractivity contribution in [3.8, 4) is 0 Å². The topological polar surface area (TPSA) is 137 Å². The summed E-state index contributed by atoms with van der Waals surface area (Å²) in [6.07, 6.45) is 0. The summed E-state index contributed by atoms with van der Waals surface area (Å²) in [5.41, 5.74) is 5.31. The SMILES string of the molecule is CC1COCCN1C(=N)N.O=S(=O)(O)O. The van der Waals surface area contributed by atoms with E-state index in [0.29, 0.717) is 13.2 Å². The molecule has 0 aromatic carbocycles. The van der Waals surface area contributed by atoms with Crippen LogP contribution < -0.4 is 5.73 Å². The fraction of sp³-hybridized carbons (Fsp3) is 0.833. The summed E-state index contributed by atoms with van der Waals surface area (Å²) in [5.74, 6) is 0.149. The van der Waals surface area contributed by atoms with Crippen molar-refractivity contribution in [2.75, 3.05) is 19.8 Å². The molecule has 90 valence electrons. The fourth-order valence-electron chi connectivity index (χ4n) is 1.09. The molecule has 1 atom stereocenters. The van der Waals surface area contributed by atoms with Crippen LogP contribution in [0.1, 0.15) is 6.92 Å². The average molecular weight is 241 g/mol. The molecule has 0 aliphatic carbocycles. The Hall–Kier alpha value is -0.900. The standard InChI is InChI=1S/C6H13N3O.H2O4S/c1-5-4-10-3-2-9(5)6(7)8;1-5(2,3)4/h5H,2-4H2,1H3,(H3,7,8);(H2,1,2,3,4). The monoisotopic (exact) mass is 241 g/mol. The number of nitrogens with two attached hydrogens (primary N) is 1. The third-order valence-corrected chi connectivity index (χ3v) is 1.68. The Labute approximate surface area is 88.1 Å². The Morgan fingerprint density at radius 3 is 2.33 bits per heavy atom. The molecule has 5 N–H and O–H groups in total. The van der Waals surface area contributed by atoms with Crippen molar-refractivity contribution in [2.24, 2.45) is 5.73 Å². The fourth-order valence-corrected chi connectivity index (χ4v) is 1.09. The minimum absolute atomic E-state index is 0.149. The van der Waals surface area contributed by atoms with E-state index < -0.39 is 10.4 Å². The van der Waals surface area contributed by atoms with E-state index in [1.54, 1.807) is 0 Å². The summed E-state index contributed by atoms with van der Waals surface area (Å²) in [6.45, 7) is 4.11. The molecule has 8 nitrogen and oxygen atoms in total. The van der Waals surface area contributed by atoms with Crippen molar-refractivity contribution in [3.05, 3.63) is 0 Å². The van der Waals surface area contributed by atoms with Crippen molar-refractivity contribution in [1.29, 1.82) is 5.41 Å². The van der Waals surface area contributed by atoms with E-state index >= 15 is 0 Å². The molecule has 15 heavy (non-hydrogen) atoms. The van der Waals surface area contributed by atoms with Gasteiger partial charge in [-0.25, -0.2) is 0 Å². The minimum atomic E-state index is -4.67. The normalized spacial score (nSPS) is 21.5. The lowest BCUT2D eigenvalue weighted by atomic mass is 10.3. The largest absolute Gasteiger partial charge is 0.394 e. The first-order valence-electron chi connectivity index (χ1n) is 4.10. The molecule has 0 bridgehead atoms. The maximum Gasteiger partial charge on any atom is 0.394 e. The molecule has 1 saturated heterocycles. The zero-order valence-corrected chi connectivity index (χ0v) is 9.07. The highest BCUT2D eigenvalue weighted by Gasteiger charge is 2.18. The predicted octanol–water partition coefficient (Wildman–Crippen LogP) is -1.05. The molecule has 9 heteroatoms. The van der Waals surface area contributed by atoms with Crippen LogP contribution in [0.25, 0.3) is 0 Å². The molecule has 0 spiro atoms. The molecule has 1 heterocycles. The van der Waals surface area contributed by atoms with Crippen molar-refractivity contribution in [1.82, 2.24) is 4.90 Å². The molecule has 0 amide bonds. The number of hydrogen-bond donors (Lipinski definition) is 4. The number of nitrogens with zero attached hydrogens (tertiary/aromatic N) is 1. The van der Waals surface area contributed by atoms with Crippen molar-refractivity contribution in [3.63, 3.8) is 0 Å². The van der Waals surface area contributed by atoms with Crippen LogP contribution in [0.5, 0.6) is 0 Å². The van der Waals surface area contributed by atoms with E-state index in [2.05, 4.69) is 0 Å². The molecule has 0 aromatic heterocycles. The highest BCUT2D eigenvalue weighted by molar-refractivity contribution is 7.79. The van der Waals surface area contributed by atoms with Gasteiger partial charge < -0.3 is 15.4 Å².